The Labute approximate surface area is 469 Å². The number of allylic oxidation sites excluding steroid dienone is 8. The van der Waals surface area contributed by atoms with Gasteiger partial charge >= 0.3 is 23.9 Å². The Morgan fingerprint density at radius 1 is 0.442 bits per heavy atom. The zero-order chi connectivity index (χ0) is 56.1. The van der Waals surface area contributed by atoms with Crippen molar-refractivity contribution in [2.24, 2.45) is 0 Å². The SMILES string of the molecule is CC/C=C\C/C=C\C/C=C\CCCCCCCCCC(=O)OCC(COC1OC(C(=O)O)C(O)C(O)C1OC(=O)CCCCCCCCC/C=C\CCCCCCCC)OC(=O)CCCCCCCCCCCCCCC. The van der Waals surface area contributed by atoms with Crippen molar-refractivity contribution in [1.29, 1.82) is 0 Å². The van der Waals surface area contributed by atoms with Gasteiger partial charge in [0, 0.05) is 19.3 Å². The fourth-order valence-electron chi connectivity index (χ4n) is 9.56. The van der Waals surface area contributed by atoms with Gasteiger partial charge < -0.3 is 39.0 Å². The first-order valence-corrected chi connectivity index (χ1v) is 31.6. The molecule has 3 N–H and O–H groups in total. The lowest BCUT2D eigenvalue weighted by molar-refractivity contribution is -0.301. The fraction of sp³-hybridized carbons (Fsp3) is 0.815. The summed E-state index contributed by atoms with van der Waals surface area (Å²) < 4.78 is 28.5. The molecule has 0 amide bonds. The van der Waals surface area contributed by atoms with Crippen molar-refractivity contribution in [3.05, 3.63) is 48.6 Å². The van der Waals surface area contributed by atoms with Crippen LogP contribution in [0.5, 0.6) is 0 Å². The maximum atomic E-state index is 13.2. The molecule has 1 rings (SSSR count). The second-order valence-electron chi connectivity index (χ2n) is 21.7. The highest BCUT2D eigenvalue weighted by molar-refractivity contribution is 5.74. The maximum Gasteiger partial charge on any atom is 0.335 e. The van der Waals surface area contributed by atoms with Gasteiger partial charge in [0.15, 0.2) is 24.6 Å². The Hall–Kier alpha value is -3.32. The molecule has 6 unspecified atom stereocenters. The standard InChI is InChI=1S/C65H114O12/c1-4-7-10-13-16-19-22-25-27-29-31-34-36-39-42-45-48-51-57(66)73-54-56(75-58(67)52-49-46-43-40-37-33-24-21-18-15-12-9-6-3)55-74-65-63(61(70)60(69)62(77-65)64(71)72)76-59(68)53-50-47-44-41-38-35-32-30-28-26-23-20-17-14-11-8-5-2/h7,10,16,19,25-28,56,60-63,65,69-70H,4-6,8-9,11-15,17-18,20-24,29-55H2,1-3H3,(H,71,72)/b10-7-,19-16-,27-25-,28-26-. The number of hydrogen-bond donors (Lipinski definition) is 3. The molecule has 1 saturated heterocycles. The zero-order valence-electron chi connectivity index (χ0n) is 49.2. The summed E-state index contributed by atoms with van der Waals surface area (Å²) in [5, 5.41) is 31.5. The lowest BCUT2D eigenvalue weighted by Gasteiger charge is -2.40. The lowest BCUT2D eigenvalue weighted by atomic mass is 9.98. The molecule has 0 aromatic rings. The van der Waals surface area contributed by atoms with Crippen molar-refractivity contribution >= 4 is 23.9 Å². The number of carbonyl (C=O) groups excluding carboxylic acids is 3. The smallest absolute Gasteiger partial charge is 0.335 e. The first-order chi connectivity index (χ1) is 37.6. The molecule has 0 saturated carbocycles. The highest BCUT2D eigenvalue weighted by Crippen LogP contribution is 2.27. The van der Waals surface area contributed by atoms with E-state index in [4.69, 9.17) is 23.7 Å². The quantitative estimate of drug-likeness (QED) is 0.0228. The number of ether oxygens (including phenoxy) is 5. The summed E-state index contributed by atoms with van der Waals surface area (Å²) in [6.07, 6.45) is 52.1. The summed E-state index contributed by atoms with van der Waals surface area (Å²) in [4.78, 5) is 51.2. The average molecular weight is 1090 g/mol. The molecule has 0 spiro atoms. The molecule has 1 aliphatic heterocycles. The molecule has 0 radical (unpaired) electrons. The van der Waals surface area contributed by atoms with E-state index in [1.165, 1.54) is 128 Å². The van der Waals surface area contributed by atoms with Gasteiger partial charge in [0.25, 0.3) is 0 Å². The molecular formula is C65H114O12. The van der Waals surface area contributed by atoms with Crippen LogP contribution < -0.4 is 0 Å². The first kappa shape index (κ1) is 71.7. The Morgan fingerprint density at radius 2 is 0.818 bits per heavy atom. The summed E-state index contributed by atoms with van der Waals surface area (Å²) in [6.45, 7) is 5.90. The number of carboxylic acids is 1. The largest absolute Gasteiger partial charge is 0.479 e. The Kier molecular flexibility index (Phi) is 49.7. The number of rotatable bonds is 54. The van der Waals surface area contributed by atoms with Gasteiger partial charge in [-0.1, -0.05) is 243 Å². The lowest BCUT2D eigenvalue weighted by Crippen LogP contribution is -2.61. The van der Waals surface area contributed by atoms with Crippen LogP contribution in [0.1, 0.15) is 290 Å². The van der Waals surface area contributed by atoms with Crippen LogP contribution in [-0.4, -0.2) is 89.2 Å². The number of aliphatic carboxylic acids is 1. The number of unbranched alkanes of at least 4 members (excludes halogenated alkanes) is 32. The molecule has 1 aliphatic rings. The molecule has 1 fully saturated rings. The van der Waals surface area contributed by atoms with E-state index in [2.05, 4.69) is 69.4 Å². The van der Waals surface area contributed by atoms with Gasteiger partial charge in [-0.15, -0.1) is 0 Å². The molecule has 77 heavy (non-hydrogen) atoms. The third-order valence-corrected chi connectivity index (χ3v) is 14.4. The van der Waals surface area contributed by atoms with Gasteiger partial charge in [0.2, 0.25) is 0 Å². The molecular weight excluding hydrogens is 973 g/mol. The Bertz CT molecular complexity index is 1520. The molecule has 0 aromatic carbocycles. The molecule has 446 valence electrons. The van der Waals surface area contributed by atoms with Crippen LogP contribution in [0.15, 0.2) is 48.6 Å². The van der Waals surface area contributed by atoms with E-state index in [9.17, 15) is 34.5 Å². The van der Waals surface area contributed by atoms with Crippen molar-refractivity contribution in [3.8, 4) is 0 Å². The van der Waals surface area contributed by atoms with Crippen LogP contribution in [0.3, 0.4) is 0 Å². The van der Waals surface area contributed by atoms with Crippen molar-refractivity contribution in [3.63, 3.8) is 0 Å². The molecule has 12 heteroatoms. The summed E-state index contributed by atoms with van der Waals surface area (Å²) in [5.41, 5.74) is 0. The number of carbonyl (C=O) groups is 4. The van der Waals surface area contributed by atoms with E-state index in [1.807, 2.05) is 0 Å². The van der Waals surface area contributed by atoms with Crippen molar-refractivity contribution in [2.75, 3.05) is 13.2 Å². The topological polar surface area (TPSA) is 175 Å². The Balaban J connectivity index is 2.66. The van der Waals surface area contributed by atoms with Crippen LogP contribution in [0.4, 0.5) is 0 Å². The van der Waals surface area contributed by atoms with E-state index >= 15 is 0 Å². The van der Waals surface area contributed by atoms with Gasteiger partial charge in [-0.2, -0.15) is 0 Å². The second-order valence-corrected chi connectivity index (χ2v) is 21.7. The average Bonchev–Trinajstić information content (AvgIpc) is 3.42. The van der Waals surface area contributed by atoms with Gasteiger partial charge in [-0.25, -0.2) is 4.79 Å². The normalized spacial score (nSPS) is 18.3. The molecule has 0 aromatic heterocycles. The summed E-state index contributed by atoms with van der Waals surface area (Å²) >= 11 is 0. The third-order valence-electron chi connectivity index (χ3n) is 14.4. The van der Waals surface area contributed by atoms with Crippen molar-refractivity contribution in [1.82, 2.24) is 0 Å². The number of hydrogen-bond acceptors (Lipinski definition) is 11. The monoisotopic (exact) mass is 1090 g/mol. The molecule has 1 heterocycles. The minimum atomic E-state index is -1.90. The van der Waals surface area contributed by atoms with E-state index < -0.39 is 67.3 Å². The second kappa shape index (κ2) is 53.3. The molecule has 0 aliphatic carbocycles. The third kappa shape index (κ3) is 43.2. The van der Waals surface area contributed by atoms with Crippen molar-refractivity contribution < 1.29 is 58.2 Å². The van der Waals surface area contributed by atoms with Crippen LogP contribution in [0, 0.1) is 0 Å². The number of carboxylic acid groups (broad SMARTS) is 1. The van der Waals surface area contributed by atoms with Crippen LogP contribution in [0.2, 0.25) is 0 Å². The predicted molar refractivity (Wildman–Crippen MR) is 312 cm³/mol. The van der Waals surface area contributed by atoms with Crippen LogP contribution in [0.25, 0.3) is 0 Å². The molecule has 6 atom stereocenters. The number of aliphatic hydroxyl groups excluding tert-OH is 2. The summed E-state index contributed by atoms with van der Waals surface area (Å²) in [6, 6.07) is 0. The van der Waals surface area contributed by atoms with E-state index in [1.54, 1.807) is 0 Å². The number of aliphatic hydroxyl groups is 2. The number of esters is 3. The molecule has 0 bridgehead atoms. The van der Waals surface area contributed by atoms with Crippen LogP contribution >= 0.6 is 0 Å². The molecule has 12 nitrogen and oxygen atoms in total. The van der Waals surface area contributed by atoms with Gasteiger partial charge in [0.05, 0.1) is 6.61 Å². The highest BCUT2D eigenvalue weighted by Gasteiger charge is 2.50. The first-order valence-electron chi connectivity index (χ1n) is 31.6. The predicted octanol–water partition coefficient (Wildman–Crippen LogP) is 16.6. The maximum absolute atomic E-state index is 13.2. The minimum Gasteiger partial charge on any atom is -0.479 e. The van der Waals surface area contributed by atoms with Crippen molar-refractivity contribution in [2.45, 2.75) is 327 Å². The van der Waals surface area contributed by atoms with Gasteiger partial charge in [0.1, 0.15) is 18.8 Å². The summed E-state index contributed by atoms with van der Waals surface area (Å²) in [7, 11) is 0. The van der Waals surface area contributed by atoms with E-state index in [0.29, 0.717) is 19.3 Å². The summed E-state index contributed by atoms with van der Waals surface area (Å²) in [5.74, 6) is -3.11. The van der Waals surface area contributed by atoms with E-state index in [-0.39, 0.29) is 25.9 Å². The highest BCUT2D eigenvalue weighted by atomic mass is 16.7. The van der Waals surface area contributed by atoms with E-state index in [0.717, 1.165) is 103 Å². The zero-order valence-corrected chi connectivity index (χ0v) is 49.2. The fourth-order valence-corrected chi connectivity index (χ4v) is 9.56. The van der Waals surface area contributed by atoms with Gasteiger partial charge in [-0.05, 0) is 77.0 Å². The van der Waals surface area contributed by atoms with Gasteiger partial charge in [-0.3, -0.25) is 14.4 Å². The minimum absolute atomic E-state index is 0.0570. The van der Waals surface area contributed by atoms with Crippen LogP contribution in [-0.2, 0) is 42.9 Å². The Morgan fingerprint density at radius 3 is 1.26 bits per heavy atom.